The number of thioether (sulfide) groups is 1. The van der Waals surface area contributed by atoms with E-state index >= 15 is 0 Å². The third kappa shape index (κ3) is 7.33. The van der Waals surface area contributed by atoms with Gasteiger partial charge in [-0.1, -0.05) is 24.3 Å². The summed E-state index contributed by atoms with van der Waals surface area (Å²) in [6.07, 6.45) is -1.68. The average molecular weight is 605 g/mol. The van der Waals surface area contributed by atoms with Crippen molar-refractivity contribution in [2.45, 2.75) is 64.0 Å². The van der Waals surface area contributed by atoms with Crippen LogP contribution in [-0.2, 0) is 39.8 Å². The van der Waals surface area contributed by atoms with E-state index in [1.165, 1.54) is 49.9 Å². The molecular weight excluding hydrogens is 574 g/mol. The Morgan fingerprint density at radius 3 is 2.15 bits per heavy atom. The zero-order valence-electron chi connectivity index (χ0n) is 23.1. The first-order valence-electron chi connectivity index (χ1n) is 12.8. The van der Waals surface area contributed by atoms with Crippen molar-refractivity contribution in [3.8, 4) is 10.4 Å². The topological polar surface area (TPSA) is 88.1 Å². The molecule has 0 bridgehead atoms. The highest BCUT2D eigenvalue weighted by atomic mass is 32.2. The Bertz CT molecular complexity index is 1440. The molecule has 0 aliphatic carbocycles. The average Bonchev–Trinajstić information content (AvgIpc) is 3.37. The van der Waals surface area contributed by atoms with E-state index < -0.39 is 59.4 Å². The maximum Gasteiger partial charge on any atom is 0.303 e. The van der Waals surface area contributed by atoms with E-state index in [2.05, 4.69) is 0 Å². The lowest BCUT2D eigenvalue weighted by atomic mass is 9.91. The van der Waals surface area contributed by atoms with E-state index in [1.807, 2.05) is 37.3 Å². The molecule has 1 aliphatic heterocycles. The number of ether oxygens (including phenoxy) is 4. The van der Waals surface area contributed by atoms with Gasteiger partial charge in [-0.3, -0.25) is 14.4 Å². The molecule has 5 atom stereocenters. The Kier molecular flexibility index (Phi) is 9.83. The number of benzene rings is 2. The van der Waals surface area contributed by atoms with Crippen molar-refractivity contribution >= 4 is 41.0 Å². The highest BCUT2D eigenvalue weighted by molar-refractivity contribution is 7.99. The number of aryl methyl sites for hydroxylation is 1. The largest absolute Gasteiger partial charge is 0.455 e. The summed E-state index contributed by atoms with van der Waals surface area (Å²) >= 11 is 2.75. The monoisotopic (exact) mass is 604 g/mol. The number of thiophene rings is 1. The van der Waals surface area contributed by atoms with Gasteiger partial charge in [-0.05, 0) is 59.7 Å². The summed E-state index contributed by atoms with van der Waals surface area (Å²) in [5.74, 6) is -3.62. The third-order valence-corrected chi connectivity index (χ3v) is 8.54. The third-order valence-electron chi connectivity index (χ3n) is 6.57. The van der Waals surface area contributed by atoms with E-state index in [-0.39, 0.29) is 0 Å². The summed E-state index contributed by atoms with van der Waals surface area (Å²) in [6, 6.07) is 13.4. The number of carbonyl (C=O) groups is 3. The standard InChI is InChI=1S/C30H30F2O7S2/c1-15-6-7-20(12-21(15)13-22-9-11-25(41-22)19-8-10-23(31)24(32)14-19)26-27(36-16(2)33)28(37-17(3)34)29(38-18(4)35)30(39-26)40-5/h6-12,14,26-30H,13H2,1-5H3/t26?,27-,28+,29-,30+/m0/s1. The van der Waals surface area contributed by atoms with Gasteiger partial charge >= 0.3 is 17.9 Å². The second kappa shape index (κ2) is 13.1. The van der Waals surface area contributed by atoms with Crippen LogP contribution in [0.2, 0.25) is 0 Å². The van der Waals surface area contributed by atoms with Gasteiger partial charge in [0.2, 0.25) is 0 Å². The molecule has 4 rings (SSSR count). The molecule has 0 N–H and O–H groups in total. The SMILES string of the molecule is CS[C@H]1OC(c2ccc(C)c(Cc3ccc(-c4ccc(F)c(F)c4)s3)c2)[C@H](OC(C)=O)[C@@H](OC(C)=O)[C@@H]1OC(C)=O. The van der Waals surface area contributed by atoms with Crippen LogP contribution in [0.5, 0.6) is 0 Å². The smallest absolute Gasteiger partial charge is 0.303 e. The first-order chi connectivity index (χ1) is 19.5. The predicted octanol–water partition coefficient (Wildman–Crippen LogP) is 6.15. The molecule has 41 heavy (non-hydrogen) atoms. The maximum absolute atomic E-state index is 13.8. The van der Waals surface area contributed by atoms with Crippen molar-refractivity contribution in [1.82, 2.24) is 0 Å². The van der Waals surface area contributed by atoms with E-state index in [1.54, 1.807) is 12.3 Å². The lowest BCUT2D eigenvalue weighted by Gasteiger charge is -2.44. The van der Waals surface area contributed by atoms with Gasteiger partial charge < -0.3 is 18.9 Å². The van der Waals surface area contributed by atoms with Gasteiger partial charge in [0.1, 0.15) is 11.5 Å². The predicted molar refractivity (Wildman–Crippen MR) is 151 cm³/mol. The van der Waals surface area contributed by atoms with Crippen molar-refractivity contribution < 1.29 is 42.1 Å². The van der Waals surface area contributed by atoms with Crippen molar-refractivity contribution in [3.63, 3.8) is 0 Å². The molecule has 1 aromatic heterocycles. The Morgan fingerprint density at radius 2 is 1.51 bits per heavy atom. The molecule has 1 saturated heterocycles. The quantitative estimate of drug-likeness (QED) is 0.224. The van der Waals surface area contributed by atoms with Crippen molar-refractivity contribution in [2.24, 2.45) is 0 Å². The normalized spacial score (nSPS) is 22.2. The molecule has 2 aromatic carbocycles. The van der Waals surface area contributed by atoms with Crippen LogP contribution < -0.4 is 0 Å². The van der Waals surface area contributed by atoms with Crippen LogP contribution in [0, 0.1) is 18.6 Å². The van der Waals surface area contributed by atoms with E-state index in [4.69, 9.17) is 18.9 Å². The van der Waals surface area contributed by atoms with E-state index in [9.17, 15) is 23.2 Å². The van der Waals surface area contributed by atoms with Gasteiger partial charge in [0, 0.05) is 36.9 Å². The number of hydrogen-bond acceptors (Lipinski definition) is 9. The number of rotatable bonds is 8. The van der Waals surface area contributed by atoms with E-state index in [0.717, 1.165) is 26.9 Å². The van der Waals surface area contributed by atoms with Crippen molar-refractivity contribution in [3.05, 3.63) is 81.7 Å². The molecule has 0 radical (unpaired) electrons. The van der Waals surface area contributed by atoms with Crippen LogP contribution in [0.25, 0.3) is 10.4 Å². The zero-order valence-corrected chi connectivity index (χ0v) is 24.8. The fourth-order valence-electron chi connectivity index (χ4n) is 4.76. The molecule has 218 valence electrons. The zero-order chi connectivity index (χ0) is 29.8. The van der Waals surface area contributed by atoms with Crippen LogP contribution in [0.3, 0.4) is 0 Å². The highest BCUT2D eigenvalue weighted by Crippen LogP contribution is 2.41. The molecule has 2 heterocycles. The fourth-order valence-corrected chi connectivity index (χ4v) is 6.49. The highest BCUT2D eigenvalue weighted by Gasteiger charge is 2.52. The second-order valence-electron chi connectivity index (χ2n) is 9.64. The summed E-state index contributed by atoms with van der Waals surface area (Å²) in [5, 5.41) is 0. The molecule has 0 spiro atoms. The van der Waals surface area contributed by atoms with Crippen LogP contribution in [0.15, 0.2) is 48.5 Å². The molecule has 7 nitrogen and oxygen atoms in total. The molecular formula is C30H30F2O7S2. The first-order valence-corrected chi connectivity index (χ1v) is 14.9. The Hall–Kier alpha value is -3.28. The Balaban J connectivity index is 1.67. The molecule has 1 aliphatic rings. The van der Waals surface area contributed by atoms with Crippen LogP contribution in [0.4, 0.5) is 8.78 Å². The minimum absolute atomic E-state index is 0.550. The number of halogens is 2. The number of carbonyl (C=O) groups excluding carboxylic acids is 3. The summed E-state index contributed by atoms with van der Waals surface area (Å²) < 4.78 is 50.2. The summed E-state index contributed by atoms with van der Waals surface area (Å²) in [7, 11) is 0. The molecule has 1 unspecified atom stereocenters. The summed E-state index contributed by atoms with van der Waals surface area (Å²) in [6.45, 7) is 5.68. The van der Waals surface area contributed by atoms with Gasteiger partial charge in [0.15, 0.2) is 29.9 Å². The molecule has 0 amide bonds. The Labute approximate surface area is 245 Å². The number of hydrogen-bond donors (Lipinski definition) is 0. The minimum Gasteiger partial charge on any atom is -0.455 e. The summed E-state index contributed by atoms with van der Waals surface area (Å²) in [4.78, 5) is 37.9. The van der Waals surface area contributed by atoms with Gasteiger partial charge in [-0.2, -0.15) is 0 Å². The van der Waals surface area contributed by atoms with Gasteiger partial charge in [-0.25, -0.2) is 8.78 Å². The molecule has 1 fully saturated rings. The van der Waals surface area contributed by atoms with Crippen molar-refractivity contribution in [2.75, 3.05) is 6.26 Å². The van der Waals surface area contributed by atoms with Crippen LogP contribution >= 0.6 is 23.1 Å². The van der Waals surface area contributed by atoms with E-state index in [0.29, 0.717) is 17.5 Å². The minimum atomic E-state index is -1.10. The molecule has 3 aromatic rings. The second-order valence-corrected chi connectivity index (χ2v) is 11.7. The van der Waals surface area contributed by atoms with Crippen LogP contribution in [0.1, 0.15) is 48.4 Å². The Morgan fingerprint density at radius 1 is 0.854 bits per heavy atom. The lowest BCUT2D eigenvalue weighted by Crippen LogP contribution is -2.57. The maximum atomic E-state index is 13.8. The van der Waals surface area contributed by atoms with Gasteiger partial charge in [0.05, 0.1) is 0 Å². The van der Waals surface area contributed by atoms with Crippen LogP contribution in [-0.4, -0.2) is 47.9 Å². The first kappa shape index (κ1) is 30.7. The van der Waals surface area contributed by atoms with Gasteiger partial charge in [-0.15, -0.1) is 23.1 Å². The molecule has 0 saturated carbocycles. The molecule has 11 heteroatoms. The van der Waals surface area contributed by atoms with Gasteiger partial charge in [0.25, 0.3) is 0 Å². The summed E-state index contributed by atoms with van der Waals surface area (Å²) in [5.41, 5.74) is 2.55. The van der Waals surface area contributed by atoms with Crippen molar-refractivity contribution in [1.29, 1.82) is 0 Å². The fraction of sp³-hybridized carbons (Fsp3) is 0.367. The lowest BCUT2D eigenvalue weighted by molar-refractivity contribution is -0.233. The number of esters is 3.